The van der Waals surface area contributed by atoms with E-state index in [1.54, 1.807) is 7.05 Å². The quantitative estimate of drug-likeness (QED) is 0.644. The van der Waals surface area contributed by atoms with Gasteiger partial charge in [0.2, 0.25) is 5.78 Å². The Morgan fingerprint density at radius 3 is 2.28 bits per heavy atom. The topological polar surface area (TPSA) is 66.2 Å². The van der Waals surface area contributed by atoms with Crippen molar-refractivity contribution in [2.24, 2.45) is 7.05 Å². The monoisotopic (exact) mass is 345 g/mol. The molecule has 3 heterocycles. The summed E-state index contributed by atoms with van der Waals surface area (Å²) >= 11 is 0. The van der Waals surface area contributed by atoms with E-state index in [1.165, 1.54) is 9.13 Å². The van der Waals surface area contributed by atoms with Crippen LogP contribution < -0.4 is 11.2 Å². The van der Waals surface area contributed by atoms with Crippen molar-refractivity contribution in [3.8, 4) is 0 Å². The molecule has 7 nitrogen and oxygen atoms in total. The van der Waals surface area contributed by atoms with E-state index in [0.29, 0.717) is 17.7 Å². The number of nitrogens with zero attached hydrogens (tertiary/aromatic N) is 5. The highest BCUT2D eigenvalue weighted by Crippen LogP contribution is 2.20. The Bertz CT molecular complexity index is 1050. The fourth-order valence-corrected chi connectivity index (χ4v) is 3.52. The Morgan fingerprint density at radius 1 is 0.920 bits per heavy atom. The van der Waals surface area contributed by atoms with Gasteiger partial charge in [-0.25, -0.2) is 4.79 Å². The maximum absolute atomic E-state index is 13.1. The van der Waals surface area contributed by atoms with Crippen LogP contribution in [0.25, 0.3) is 16.9 Å². The number of hydrogen-bond acceptors (Lipinski definition) is 3. The summed E-state index contributed by atoms with van der Waals surface area (Å²) in [7, 11) is 1.69. The molecule has 0 spiro atoms. The lowest BCUT2D eigenvalue weighted by Crippen LogP contribution is -2.39. The van der Waals surface area contributed by atoms with Gasteiger partial charge < -0.3 is 4.57 Å². The predicted molar refractivity (Wildman–Crippen MR) is 99.5 cm³/mol. The highest BCUT2D eigenvalue weighted by Gasteiger charge is 2.22. The lowest BCUT2D eigenvalue weighted by Gasteiger charge is -2.08. The predicted octanol–water partition coefficient (Wildman–Crippen LogP) is 2.37. The number of hydrogen-bond donors (Lipinski definition) is 0. The molecular formula is C18H27N5O2. The first-order valence-corrected chi connectivity index (χ1v) is 9.11. The van der Waals surface area contributed by atoms with Crippen molar-refractivity contribution in [2.75, 3.05) is 0 Å². The number of imidazole rings is 2. The van der Waals surface area contributed by atoms with Crippen LogP contribution in [-0.2, 0) is 20.1 Å². The maximum atomic E-state index is 13.1. The van der Waals surface area contributed by atoms with Crippen LogP contribution in [0.15, 0.2) is 9.59 Å². The molecule has 0 saturated heterocycles. The Balaban J connectivity index is 2.37. The first-order valence-electron chi connectivity index (χ1n) is 9.11. The van der Waals surface area contributed by atoms with Gasteiger partial charge in [-0.15, -0.1) is 0 Å². The molecule has 3 aromatic rings. The molecular weight excluding hydrogens is 318 g/mol. The summed E-state index contributed by atoms with van der Waals surface area (Å²) in [6.45, 7) is 9.56. The second-order valence-corrected chi connectivity index (χ2v) is 6.75. The molecule has 0 fully saturated rings. The van der Waals surface area contributed by atoms with Crippen LogP contribution in [0.5, 0.6) is 0 Å². The fourth-order valence-electron chi connectivity index (χ4n) is 3.52. The Kier molecular flexibility index (Phi) is 4.58. The van der Waals surface area contributed by atoms with Gasteiger partial charge in [0, 0.05) is 31.5 Å². The lowest BCUT2D eigenvalue weighted by molar-refractivity contribution is 0.550. The average molecular weight is 345 g/mol. The number of aromatic nitrogens is 5. The fraction of sp³-hybridized carbons (Fsp3) is 0.611. The minimum Gasteiger partial charge on any atom is -0.314 e. The summed E-state index contributed by atoms with van der Waals surface area (Å²) in [5, 5.41) is 0. The van der Waals surface area contributed by atoms with E-state index in [1.807, 2.05) is 18.2 Å². The van der Waals surface area contributed by atoms with Gasteiger partial charge in [-0.05, 0) is 26.7 Å². The van der Waals surface area contributed by atoms with Crippen LogP contribution in [0.1, 0.15) is 50.9 Å². The molecule has 0 aliphatic rings. The molecule has 7 heteroatoms. The van der Waals surface area contributed by atoms with E-state index in [2.05, 4.69) is 23.4 Å². The second kappa shape index (κ2) is 6.54. The van der Waals surface area contributed by atoms with Crippen molar-refractivity contribution >= 4 is 16.9 Å². The largest absolute Gasteiger partial charge is 0.332 e. The van der Waals surface area contributed by atoms with Crippen molar-refractivity contribution < 1.29 is 0 Å². The first-order chi connectivity index (χ1) is 11.9. The molecule has 3 rings (SSSR count). The maximum Gasteiger partial charge on any atom is 0.332 e. The summed E-state index contributed by atoms with van der Waals surface area (Å²) in [5.41, 5.74) is 2.55. The van der Waals surface area contributed by atoms with Gasteiger partial charge in [0.1, 0.15) is 0 Å². The van der Waals surface area contributed by atoms with Crippen molar-refractivity contribution in [3.63, 3.8) is 0 Å². The Labute approximate surface area is 146 Å². The molecule has 0 bridgehead atoms. The zero-order valence-corrected chi connectivity index (χ0v) is 15.8. The average Bonchev–Trinajstić information content (AvgIpc) is 3.08. The van der Waals surface area contributed by atoms with E-state index in [0.717, 1.165) is 49.4 Å². The van der Waals surface area contributed by atoms with Gasteiger partial charge >= 0.3 is 5.69 Å². The molecule has 0 saturated carbocycles. The zero-order chi connectivity index (χ0) is 18.3. The van der Waals surface area contributed by atoms with E-state index in [4.69, 9.17) is 0 Å². The molecule has 0 aromatic carbocycles. The van der Waals surface area contributed by atoms with Gasteiger partial charge in [0.05, 0.1) is 0 Å². The van der Waals surface area contributed by atoms with E-state index in [-0.39, 0.29) is 11.2 Å². The van der Waals surface area contributed by atoms with Gasteiger partial charge in [-0.1, -0.05) is 26.7 Å². The van der Waals surface area contributed by atoms with Crippen molar-refractivity contribution in [1.29, 1.82) is 0 Å². The van der Waals surface area contributed by atoms with Crippen molar-refractivity contribution in [1.82, 2.24) is 23.1 Å². The number of unbranched alkanes of at least 4 members (excludes halogenated alkanes) is 2. The smallest absolute Gasteiger partial charge is 0.314 e. The Hall–Kier alpha value is -2.31. The summed E-state index contributed by atoms with van der Waals surface area (Å²) < 4.78 is 6.90. The molecule has 136 valence electrons. The normalized spacial score (nSPS) is 11.9. The van der Waals surface area contributed by atoms with Gasteiger partial charge in [0.25, 0.3) is 5.56 Å². The molecule has 25 heavy (non-hydrogen) atoms. The standard InChI is InChI=1S/C18H27N5O2/c1-6-8-9-11-22-16(24)14-15(20(5)18(22)25)19-17-21(10-7-2)12(3)13(4)23(14)17/h6-11H2,1-5H3. The third kappa shape index (κ3) is 2.53. The van der Waals surface area contributed by atoms with Crippen molar-refractivity contribution in [2.45, 2.75) is 66.5 Å². The lowest BCUT2D eigenvalue weighted by atomic mass is 10.2. The number of aryl methyl sites for hydroxylation is 3. The third-order valence-electron chi connectivity index (χ3n) is 5.06. The van der Waals surface area contributed by atoms with Crippen molar-refractivity contribution in [3.05, 3.63) is 32.2 Å². The first kappa shape index (κ1) is 17.5. The Morgan fingerprint density at radius 2 is 1.64 bits per heavy atom. The van der Waals surface area contributed by atoms with Gasteiger partial charge in [0.15, 0.2) is 11.2 Å². The summed E-state index contributed by atoms with van der Waals surface area (Å²) in [5.74, 6) is 0.741. The van der Waals surface area contributed by atoms with Crippen LogP contribution >= 0.6 is 0 Å². The molecule has 0 radical (unpaired) electrons. The molecule has 3 aromatic heterocycles. The highest BCUT2D eigenvalue weighted by atomic mass is 16.2. The number of fused-ring (bicyclic) bond motifs is 3. The SMILES string of the molecule is CCCCCn1c(=O)c2c(nc3n(CCC)c(C)c(C)n23)n(C)c1=O. The molecule has 0 aliphatic heterocycles. The highest BCUT2D eigenvalue weighted by molar-refractivity contribution is 5.76. The van der Waals surface area contributed by atoms with Crippen LogP contribution in [0.4, 0.5) is 0 Å². The third-order valence-corrected chi connectivity index (χ3v) is 5.06. The summed E-state index contributed by atoms with van der Waals surface area (Å²) in [4.78, 5) is 30.4. The molecule has 0 N–H and O–H groups in total. The van der Waals surface area contributed by atoms with E-state index < -0.39 is 0 Å². The van der Waals surface area contributed by atoms with Gasteiger partial charge in [-0.3, -0.25) is 18.3 Å². The van der Waals surface area contributed by atoms with Crippen LogP contribution in [0.2, 0.25) is 0 Å². The summed E-state index contributed by atoms with van der Waals surface area (Å²) in [6.07, 6.45) is 3.86. The van der Waals surface area contributed by atoms with E-state index >= 15 is 0 Å². The summed E-state index contributed by atoms with van der Waals surface area (Å²) in [6, 6.07) is 0. The van der Waals surface area contributed by atoms with Crippen LogP contribution in [0, 0.1) is 13.8 Å². The zero-order valence-electron chi connectivity index (χ0n) is 15.8. The minimum absolute atomic E-state index is 0.238. The van der Waals surface area contributed by atoms with Crippen LogP contribution in [-0.4, -0.2) is 23.1 Å². The minimum atomic E-state index is -0.286. The molecule has 0 unspecified atom stereocenters. The van der Waals surface area contributed by atoms with E-state index in [9.17, 15) is 9.59 Å². The molecule has 0 aliphatic carbocycles. The second-order valence-electron chi connectivity index (χ2n) is 6.75. The molecule has 0 amide bonds. The number of rotatable bonds is 6. The molecule has 0 atom stereocenters. The van der Waals surface area contributed by atoms with Crippen LogP contribution in [0.3, 0.4) is 0 Å². The van der Waals surface area contributed by atoms with Gasteiger partial charge in [-0.2, -0.15) is 4.98 Å².